The molecule has 1 aromatic carbocycles. The third-order valence-corrected chi connectivity index (χ3v) is 3.91. The van der Waals surface area contributed by atoms with Crippen molar-refractivity contribution in [2.75, 3.05) is 0 Å². The van der Waals surface area contributed by atoms with Crippen molar-refractivity contribution < 1.29 is 14.4 Å². The normalized spacial score (nSPS) is 15.7. The van der Waals surface area contributed by atoms with E-state index in [1.807, 2.05) is 17.7 Å². The van der Waals surface area contributed by atoms with Gasteiger partial charge in [0.1, 0.15) is 0 Å². The van der Waals surface area contributed by atoms with E-state index in [9.17, 15) is 4.79 Å². The molecule has 0 aliphatic rings. The van der Waals surface area contributed by atoms with Gasteiger partial charge in [-0.3, -0.25) is 14.8 Å². The highest BCUT2D eigenvalue weighted by atomic mass is 16.1. The molecule has 5 heteroatoms. The fraction of sp³-hybridized carbons (Fsp3) is 0.0909. The first-order valence-corrected chi connectivity index (χ1v) is 8.09. The molecule has 0 fully saturated rings. The van der Waals surface area contributed by atoms with Crippen LogP contribution in [0, 0.1) is 0 Å². The molecule has 0 saturated carbocycles. The predicted octanol–water partition coefficient (Wildman–Crippen LogP) is 3.86. The number of imidazole rings is 1. The summed E-state index contributed by atoms with van der Waals surface area (Å²) < 4.78 is 57.2. The molecule has 0 spiro atoms. The monoisotopic (exact) mass is 361 g/mol. The molecule has 0 aliphatic carbocycles. The maximum absolute atomic E-state index is 12.7. The van der Waals surface area contributed by atoms with E-state index in [-0.39, 0.29) is 6.42 Å². The van der Waals surface area contributed by atoms with Crippen LogP contribution in [0.1, 0.15) is 20.9 Å². The summed E-state index contributed by atoms with van der Waals surface area (Å²) in [5.74, 6) is -0.764. The Labute approximate surface area is 166 Å². The number of hydrogen-bond acceptors (Lipinski definition) is 4. The lowest BCUT2D eigenvalue weighted by Crippen LogP contribution is -2.01. The largest absolute Gasteiger partial charge is 0.334 e. The molecule has 0 unspecified atom stereocenters. The Kier molecular flexibility index (Phi) is 2.86. The van der Waals surface area contributed by atoms with Crippen molar-refractivity contribution in [2.24, 2.45) is 7.05 Å². The van der Waals surface area contributed by atoms with Crippen LogP contribution in [0.2, 0.25) is 0 Å². The highest BCUT2D eigenvalue weighted by molar-refractivity contribution is 5.95. The summed E-state index contributed by atoms with van der Waals surface area (Å²) in [5.41, 5.74) is 2.16. The molecular formula is C22H18N4O. The number of nitrogens with zero attached hydrogens (tertiary/aromatic N) is 4. The predicted molar refractivity (Wildman–Crippen MR) is 106 cm³/mol. The number of aryl methyl sites for hydroxylation is 1. The molecule has 0 bridgehead atoms. The molecule has 0 saturated heterocycles. The van der Waals surface area contributed by atoms with Crippen molar-refractivity contribution in [1.29, 1.82) is 0 Å². The number of pyridine rings is 2. The van der Waals surface area contributed by atoms with Crippen molar-refractivity contribution in [3.8, 4) is 11.3 Å². The van der Waals surface area contributed by atoms with Crippen LogP contribution >= 0.6 is 0 Å². The number of carbonyl (C=O) groups excluding carboxylic acids is 1. The van der Waals surface area contributed by atoms with Gasteiger partial charge in [0.15, 0.2) is 5.78 Å². The van der Waals surface area contributed by atoms with Crippen LogP contribution in [0.15, 0.2) is 73.3 Å². The van der Waals surface area contributed by atoms with Gasteiger partial charge in [0.2, 0.25) is 0 Å². The minimum absolute atomic E-state index is 0.300. The quantitative estimate of drug-likeness (QED) is 0.507. The van der Waals surface area contributed by atoms with E-state index in [0.717, 1.165) is 16.6 Å². The zero-order valence-corrected chi connectivity index (χ0v) is 14.4. The van der Waals surface area contributed by atoms with Crippen LogP contribution in [0.4, 0.5) is 0 Å². The number of hydrogen-bond donors (Lipinski definition) is 0. The van der Waals surface area contributed by atoms with Crippen LogP contribution in [0.3, 0.4) is 0 Å². The molecule has 27 heavy (non-hydrogen) atoms. The van der Waals surface area contributed by atoms with Crippen molar-refractivity contribution in [3.63, 3.8) is 0 Å². The second-order valence-electron chi connectivity index (χ2n) is 5.83. The molecule has 3 heterocycles. The van der Waals surface area contributed by atoms with Gasteiger partial charge in [-0.25, -0.2) is 4.98 Å². The Morgan fingerprint density at radius 1 is 1.19 bits per heavy atom. The Balaban J connectivity index is 1.68. The number of rotatable bonds is 5. The number of fused-ring (bicyclic) bond motifs is 1. The second kappa shape index (κ2) is 7.33. The molecule has 0 atom stereocenters. The van der Waals surface area contributed by atoms with Crippen LogP contribution < -0.4 is 0 Å². The van der Waals surface area contributed by atoms with E-state index in [2.05, 4.69) is 15.0 Å². The topological polar surface area (TPSA) is 60.7 Å². The maximum Gasteiger partial charge on any atom is 0.161 e. The molecule has 0 N–H and O–H groups in total. The summed E-state index contributed by atoms with van der Waals surface area (Å²) >= 11 is 0. The number of ketones is 1. The number of aromatic nitrogens is 4. The fourth-order valence-corrected chi connectivity index (χ4v) is 2.60. The van der Waals surface area contributed by atoms with Gasteiger partial charge >= 0.3 is 0 Å². The van der Waals surface area contributed by atoms with Gasteiger partial charge in [-0.15, -0.1) is 0 Å². The van der Waals surface area contributed by atoms with Gasteiger partial charge in [-0.05, 0) is 23.7 Å². The van der Waals surface area contributed by atoms with Crippen LogP contribution in [-0.2, 0) is 18.3 Å². The zero-order chi connectivity index (χ0) is 24.7. The van der Waals surface area contributed by atoms with Gasteiger partial charge in [0.05, 0.1) is 45.9 Å². The summed E-state index contributed by atoms with van der Waals surface area (Å²) in [7, 11) is 1.86. The molecule has 132 valence electrons. The number of carbonyl (C=O) groups is 1. The lowest BCUT2D eigenvalue weighted by atomic mass is 10.1. The van der Waals surface area contributed by atoms with E-state index in [0.29, 0.717) is 11.2 Å². The third kappa shape index (κ3) is 3.82. The molecule has 3 aromatic heterocycles. The van der Waals surface area contributed by atoms with E-state index in [4.69, 9.17) is 9.60 Å². The van der Waals surface area contributed by atoms with Gasteiger partial charge in [-0.2, -0.15) is 0 Å². The van der Waals surface area contributed by atoms with Crippen molar-refractivity contribution in [1.82, 2.24) is 19.5 Å². The standard InChI is InChI=1S/C22H18N4O/c1-26-15-23-14-22(26)18-9-17-10-19(24-13-21(17)25-12-18)11-20(27)8-7-16-5-3-2-4-6-16/h2-10,12-15H,11H2,1H3/b8-7+/i2D,3D,4D,5D,6D,7D,8D. The molecule has 5 nitrogen and oxygen atoms in total. The Morgan fingerprint density at radius 3 is 2.81 bits per heavy atom. The van der Waals surface area contributed by atoms with Gasteiger partial charge in [0, 0.05) is 29.9 Å². The van der Waals surface area contributed by atoms with Crippen LogP contribution in [0.25, 0.3) is 28.2 Å². The molecule has 0 amide bonds. The summed E-state index contributed by atoms with van der Waals surface area (Å²) in [6.45, 7) is 0. The summed E-state index contributed by atoms with van der Waals surface area (Å²) in [4.78, 5) is 25.4. The minimum Gasteiger partial charge on any atom is -0.334 e. The second-order valence-corrected chi connectivity index (χ2v) is 5.83. The Bertz CT molecular complexity index is 1470. The maximum atomic E-state index is 12.7. The minimum atomic E-state index is -0.764. The highest BCUT2D eigenvalue weighted by Gasteiger charge is 2.07. The SMILES string of the molecule is [2H]/C(C(=O)Cc1cc2cc(-c3cncn3C)cnc2cn1)=C(/[2H])c1c([2H])c([2H])c([2H])c([2H])c1[2H]. The first kappa shape index (κ1) is 10.5. The number of benzene rings is 1. The molecule has 4 rings (SSSR count). The summed E-state index contributed by atoms with van der Waals surface area (Å²) in [6, 6.07) is -1.08. The number of allylic oxidation sites excluding steroid dienone is 1. The summed E-state index contributed by atoms with van der Waals surface area (Å²) in [5, 5.41) is 0.726. The first-order chi connectivity index (χ1) is 16.1. The fourth-order valence-electron chi connectivity index (χ4n) is 2.60. The van der Waals surface area contributed by atoms with Gasteiger partial charge < -0.3 is 4.57 Å². The van der Waals surface area contributed by atoms with Gasteiger partial charge in [0.25, 0.3) is 0 Å². The Morgan fingerprint density at radius 2 is 2.04 bits per heavy atom. The lowest BCUT2D eigenvalue weighted by molar-refractivity contribution is -0.114. The average molecular weight is 361 g/mol. The van der Waals surface area contributed by atoms with E-state index in [1.165, 1.54) is 6.20 Å². The smallest absolute Gasteiger partial charge is 0.161 e. The van der Waals surface area contributed by atoms with Crippen molar-refractivity contribution in [2.45, 2.75) is 6.42 Å². The highest BCUT2D eigenvalue weighted by Crippen LogP contribution is 2.22. The third-order valence-electron chi connectivity index (χ3n) is 3.91. The van der Waals surface area contributed by atoms with Crippen LogP contribution in [0.5, 0.6) is 0 Å². The summed E-state index contributed by atoms with van der Waals surface area (Å²) in [6.07, 6.45) is 6.29. The van der Waals surface area contributed by atoms with E-state index < -0.39 is 53.7 Å². The van der Waals surface area contributed by atoms with Crippen molar-refractivity contribution in [3.05, 3.63) is 84.6 Å². The van der Waals surface area contributed by atoms with Crippen LogP contribution in [-0.4, -0.2) is 25.3 Å². The van der Waals surface area contributed by atoms with Crippen molar-refractivity contribution >= 4 is 22.7 Å². The van der Waals surface area contributed by atoms with E-state index in [1.54, 1.807) is 24.8 Å². The molecule has 4 aromatic rings. The van der Waals surface area contributed by atoms with E-state index >= 15 is 0 Å². The molecule has 0 radical (unpaired) electrons. The first-order valence-electron chi connectivity index (χ1n) is 11.6. The molecule has 0 aliphatic heterocycles. The Hall–Kier alpha value is -3.60. The zero-order valence-electron chi connectivity index (χ0n) is 21.4. The van der Waals surface area contributed by atoms with Gasteiger partial charge in [-0.1, -0.05) is 36.3 Å². The lowest BCUT2D eigenvalue weighted by Gasteiger charge is -2.05. The average Bonchev–Trinajstić information content (AvgIpc) is 3.26. The molecular weight excluding hydrogens is 336 g/mol.